The molecule has 2 N–H and O–H groups in total. The van der Waals surface area contributed by atoms with Crippen LogP contribution in [-0.4, -0.2) is 52.3 Å². The van der Waals surface area contributed by atoms with Gasteiger partial charge in [-0.2, -0.15) is 0 Å². The van der Waals surface area contributed by atoms with E-state index in [2.05, 4.69) is 58.9 Å². The number of guanidine groups is 1. The number of hydrogen-bond acceptors (Lipinski definition) is 4. The van der Waals surface area contributed by atoms with Crippen LogP contribution >= 0.6 is 24.0 Å². The minimum absolute atomic E-state index is 0. The van der Waals surface area contributed by atoms with Crippen LogP contribution in [0.3, 0.4) is 0 Å². The van der Waals surface area contributed by atoms with E-state index in [-0.39, 0.29) is 24.0 Å². The molecule has 0 aliphatic rings. The van der Waals surface area contributed by atoms with Crippen LogP contribution in [0.1, 0.15) is 17.5 Å². The molecular weight excluding hydrogens is 479 g/mol. The first kappa shape index (κ1) is 25.2. The number of hydrogen-bond donors (Lipinski definition) is 2. The largest absolute Gasteiger partial charge is 0.493 e. The fraction of sp³-hybridized carbons (Fsp3) is 0.409. The Morgan fingerprint density at radius 2 is 1.76 bits per heavy atom. The highest BCUT2D eigenvalue weighted by Gasteiger charge is 2.03. The van der Waals surface area contributed by atoms with Crippen molar-refractivity contribution in [2.24, 2.45) is 4.99 Å². The Balaban J connectivity index is 0.00000420. The first-order valence-electron chi connectivity index (χ1n) is 9.52. The van der Waals surface area contributed by atoms with Crippen LogP contribution in [0.2, 0.25) is 0 Å². The fourth-order valence-corrected chi connectivity index (χ4v) is 2.69. The second-order valence-corrected chi connectivity index (χ2v) is 6.83. The first-order valence-corrected chi connectivity index (χ1v) is 9.52. The number of methoxy groups -OCH3 is 1. The second kappa shape index (κ2) is 14.2. The van der Waals surface area contributed by atoms with E-state index >= 15 is 0 Å². The Kier molecular flexibility index (Phi) is 12.3. The molecule has 2 aromatic carbocycles. The van der Waals surface area contributed by atoms with E-state index in [0.717, 1.165) is 24.4 Å². The Bertz CT molecular complexity index is 736. The molecule has 0 spiro atoms. The summed E-state index contributed by atoms with van der Waals surface area (Å²) in [5, 5.41) is 6.65. The number of ether oxygens (including phenoxy) is 2. The average Bonchev–Trinajstić information content (AvgIpc) is 2.69. The molecule has 2 aromatic rings. The molecule has 0 heterocycles. The molecule has 0 radical (unpaired) electrons. The lowest BCUT2D eigenvalue weighted by Crippen LogP contribution is -2.30. The van der Waals surface area contributed by atoms with Crippen molar-refractivity contribution in [2.45, 2.75) is 19.5 Å². The van der Waals surface area contributed by atoms with E-state index in [0.29, 0.717) is 25.7 Å². The number of benzene rings is 2. The molecule has 0 aromatic heterocycles. The van der Waals surface area contributed by atoms with E-state index in [1.165, 1.54) is 11.1 Å². The molecule has 0 amide bonds. The molecule has 2 rings (SSSR count). The van der Waals surface area contributed by atoms with Gasteiger partial charge in [-0.15, -0.1) is 24.0 Å². The number of anilines is 1. The van der Waals surface area contributed by atoms with E-state index in [4.69, 9.17) is 9.47 Å². The normalized spacial score (nSPS) is 11.1. The first-order chi connectivity index (χ1) is 13.6. The van der Waals surface area contributed by atoms with Crippen LogP contribution in [0.4, 0.5) is 5.69 Å². The predicted molar refractivity (Wildman–Crippen MR) is 131 cm³/mol. The number of nitrogens with zero attached hydrogens (tertiary/aromatic N) is 2. The summed E-state index contributed by atoms with van der Waals surface area (Å²) in [6, 6.07) is 16.5. The van der Waals surface area contributed by atoms with Gasteiger partial charge in [0.15, 0.2) is 5.96 Å². The predicted octanol–water partition coefficient (Wildman–Crippen LogP) is 3.97. The second-order valence-electron chi connectivity index (χ2n) is 6.83. The number of aliphatic imine (C=N–C) groups is 1. The minimum atomic E-state index is 0. The third-order valence-corrected chi connectivity index (χ3v) is 4.06. The highest BCUT2D eigenvalue weighted by molar-refractivity contribution is 14.0. The molecule has 0 unspecified atom stereocenters. The molecule has 0 saturated heterocycles. The van der Waals surface area contributed by atoms with E-state index < -0.39 is 0 Å². The summed E-state index contributed by atoms with van der Waals surface area (Å²) in [5.74, 6) is 1.54. The average molecular weight is 512 g/mol. The van der Waals surface area contributed by atoms with Gasteiger partial charge in [-0.25, -0.2) is 0 Å². The fourth-order valence-electron chi connectivity index (χ4n) is 2.69. The lowest BCUT2D eigenvalue weighted by atomic mass is 10.1. The molecule has 0 aliphatic heterocycles. The SMILES string of the molecule is CN=C(NCc1ccc(CN(C)C)cc1)Nc1cccc(OCCCOC)c1.I. The maximum Gasteiger partial charge on any atom is 0.195 e. The van der Waals surface area contributed by atoms with Gasteiger partial charge in [0.1, 0.15) is 5.75 Å². The summed E-state index contributed by atoms with van der Waals surface area (Å²) in [6.45, 7) is 2.98. The maximum absolute atomic E-state index is 5.75. The zero-order valence-corrected chi connectivity index (χ0v) is 20.1. The number of nitrogens with one attached hydrogen (secondary N) is 2. The van der Waals surface area contributed by atoms with Crippen molar-refractivity contribution in [3.63, 3.8) is 0 Å². The maximum atomic E-state index is 5.75. The number of rotatable bonds is 10. The zero-order chi connectivity index (χ0) is 20.2. The minimum Gasteiger partial charge on any atom is -0.493 e. The summed E-state index contributed by atoms with van der Waals surface area (Å²) in [5.41, 5.74) is 3.44. The van der Waals surface area contributed by atoms with Gasteiger partial charge in [0.05, 0.1) is 6.61 Å². The zero-order valence-electron chi connectivity index (χ0n) is 17.8. The van der Waals surface area contributed by atoms with Crippen molar-refractivity contribution < 1.29 is 9.47 Å². The Labute approximate surface area is 191 Å². The summed E-state index contributed by atoms with van der Waals surface area (Å²) in [4.78, 5) is 6.46. The topological polar surface area (TPSA) is 58.1 Å². The monoisotopic (exact) mass is 512 g/mol. The van der Waals surface area contributed by atoms with Crippen LogP contribution in [0.5, 0.6) is 5.75 Å². The van der Waals surface area contributed by atoms with Crippen LogP contribution in [-0.2, 0) is 17.8 Å². The van der Waals surface area contributed by atoms with Crippen LogP contribution in [0.15, 0.2) is 53.5 Å². The van der Waals surface area contributed by atoms with Gasteiger partial charge in [0, 0.05) is 52.0 Å². The van der Waals surface area contributed by atoms with E-state index in [1.54, 1.807) is 14.2 Å². The Morgan fingerprint density at radius 1 is 1.03 bits per heavy atom. The summed E-state index contributed by atoms with van der Waals surface area (Å²) >= 11 is 0. The van der Waals surface area contributed by atoms with Gasteiger partial charge in [-0.3, -0.25) is 4.99 Å². The molecule has 0 saturated carbocycles. The molecule has 0 bridgehead atoms. The van der Waals surface area contributed by atoms with Gasteiger partial charge >= 0.3 is 0 Å². The molecule has 0 fully saturated rings. The van der Waals surface area contributed by atoms with Crippen molar-refractivity contribution in [3.05, 3.63) is 59.7 Å². The summed E-state index contributed by atoms with van der Waals surface area (Å²) in [7, 11) is 7.61. The van der Waals surface area contributed by atoms with Crippen molar-refractivity contribution in [3.8, 4) is 5.75 Å². The Hall–Kier alpha value is -1.84. The molecule has 29 heavy (non-hydrogen) atoms. The highest BCUT2D eigenvalue weighted by atomic mass is 127. The van der Waals surface area contributed by atoms with E-state index in [9.17, 15) is 0 Å². The molecule has 160 valence electrons. The van der Waals surface area contributed by atoms with Crippen molar-refractivity contribution in [1.82, 2.24) is 10.2 Å². The Morgan fingerprint density at radius 3 is 2.41 bits per heavy atom. The van der Waals surface area contributed by atoms with Gasteiger partial charge in [0.25, 0.3) is 0 Å². The third-order valence-electron chi connectivity index (χ3n) is 4.06. The molecule has 0 atom stereocenters. The van der Waals surface area contributed by atoms with Crippen LogP contribution in [0, 0.1) is 0 Å². The van der Waals surface area contributed by atoms with Gasteiger partial charge in [-0.05, 0) is 37.4 Å². The van der Waals surface area contributed by atoms with Crippen LogP contribution < -0.4 is 15.4 Å². The molecule has 6 nitrogen and oxygen atoms in total. The van der Waals surface area contributed by atoms with Crippen molar-refractivity contribution in [1.29, 1.82) is 0 Å². The molecule has 0 aliphatic carbocycles. The summed E-state index contributed by atoms with van der Waals surface area (Å²) in [6.07, 6.45) is 0.866. The third kappa shape index (κ3) is 9.96. The standard InChI is InChI=1S/C22H32N4O2.HI/c1-23-22(24-16-18-9-11-19(12-10-18)17-26(2)3)25-20-7-5-8-21(15-20)28-14-6-13-27-4;/h5,7-12,15H,6,13-14,16-17H2,1-4H3,(H2,23,24,25);1H. The smallest absolute Gasteiger partial charge is 0.195 e. The molecule has 7 heteroatoms. The van der Waals surface area contributed by atoms with Crippen LogP contribution in [0.25, 0.3) is 0 Å². The lowest BCUT2D eigenvalue weighted by molar-refractivity contribution is 0.172. The van der Waals surface area contributed by atoms with E-state index in [1.807, 2.05) is 24.3 Å². The summed E-state index contributed by atoms with van der Waals surface area (Å²) < 4.78 is 10.8. The van der Waals surface area contributed by atoms with Crippen molar-refractivity contribution in [2.75, 3.05) is 46.8 Å². The van der Waals surface area contributed by atoms with Crippen molar-refractivity contribution >= 4 is 35.6 Å². The highest BCUT2D eigenvalue weighted by Crippen LogP contribution is 2.17. The number of halogens is 1. The van der Waals surface area contributed by atoms with Gasteiger partial charge < -0.3 is 25.0 Å². The lowest BCUT2D eigenvalue weighted by Gasteiger charge is -2.14. The van der Waals surface area contributed by atoms with Gasteiger partial charge in [0.2, 0.25) is 0 Å². The molecular formula is C22H33IN4O2. The van der Waals surface area contributed by atoms with Gasteiger partial charge in [-0.1, -0.05) is 30.3 Å². The quantitative estimate of drug-likeness (QED) is 0.219.